The highest BCUT2D eigenvalue weighted by Gasteiger charge is 2.45. The van der Waals surface area contributed by atoms with Crippen LogP contribution in [0.15, 0.2) is 164 Å². The Balaban J connectivity index is 0.923. The maximum Gasteiger partial charge on any atom is 0.408 e. The lowest BCUT2D eigenvalue weighted by atomic mass is 9.99. The highest BCUT2D eigenvalue weighted by Crippen LogP contribution is 2.29. The number of likely N-dealkylation sites (tertiary alicyclic amines) is 2. The number of carbonyl (C=O) groups excluding carboxylic acids is 16. The minimum atomic E-state index is -1.48. The molecular weight excluding hydrogens is 1820 g/mol. The van der Waals surface area contributed by atoms with E-state index in [1.165, 1.54) is 9.80 Å². The summed E-state index contributed by atoms with van der Waals surface area (Å²) >= 11 is 12.8. The number of benzene rings is 6. The monoisotopic (exact) mass is 1940 g/mol. The van der Waals surface area contributed by atoms with Crippen molar-refractivity contribution >= 4 is 118 Å². The number of ether oxygens (including phenoxy) is 4. The lowest BCUT2D eigenvalue weighted by Crippen LogP contribution is -2.61. The van der Waals surface area contributed by atoms with Crippen molar-refractivity contribution < 1.29 is 100 Å². The van der Waals surface area contributed by atoms with E-state index in [-0.39, 0.29) is 141 Å². The van der Waals surface area contributed by atoms with Gasteiger partial charge in [0, 0.05) is 73.9 Å². The number of rotatable bonds is 48. The molecule has 0 radical (unpaired) electrons. The second kappa shape index (κ2) is 53.5. The smallest absolute Gasteiger partial charge is 0.408 e. The van der Waals surface area contributed by atoms with Crippen LogP contribution in [0.25, 0.3) is 0 Å². The zero-order valence-electron chi connectivity index (χ0n) is 80.0. The molecule has 15 amide bonds. The summed E-state index contributed by atoms with van der Waals surface area (Å²) in [6.07, 6.45) is -2.55. The average molecular weight is 1950 g/mol. The molecule has 3 aliphatic heterocycles. The van der Waals surface area contributed by atoms with Crippen molar-refractivity contribution in [3.63, 3.8) is 0 Å². The molecule has 9 rings (SSSR count). The molecule has 3 heterocycles. The van der Waals surface area contributed by atoms with Gasteiger partial charge in [-0.15, -0.1) is 5.06 Å². The number of carbonyl (C=O) groups is 16. The molecule has 744 valence electrons. The van der Waals surface area contributed by atoms with E-state index in [2.05, 4.69) is 58.5 Å². The Hall–Kier alpha value is -13.2. The van der Waals surface area contributed by atoms with Gasteiger partial charge >= 0.3 is 24.2 Å². The number of nitrogens with one attached hydrogen (secondary N) is 11. The van der Waals surface area contributed by atoms with Crippen LogP contribution in [0.1, 0.15) is 187 Å². The van der Waals surface area contributed by atoms with Crippen LogP contribution in [0.3, 0.4) is 0 Å². The molecule has 0 saturated carbocycles. The maximum atomic E-state index is 15.6. The minimum absolute atomic E-state index is 0.00396. The first-order chi connectivity index (χ1) is 65.8. The molecule has 0 bridgehead atoms. The van der Waals surface area contributed by atoms with Gasteiger partial charge in [0.15, 0.2) is 0 Å². The van der Waals surface area contributed by atoms with Crippen molar-refractivity contribution in [2.24, 2.45) is 23.7 Å². The molecule has 11 N–H and O–H groups in total. The zero-order chi connectivity index (χ0) is 100. The van der Waals surface area contributed by atoms with Crippen molar-refractivity contribution in [1.29, 1.82) is 0 Å². The van der Waals surface area contributed by atoms with Crippen LogP contribution in [0.5, 0.6) is 5.75 Å². The summed E-state index contributed by atoms with van der Waals surface area (Å²) in [5.74, 6) is -12.0. The average Bonchev–Trinajstić information content (AvgIpc) is 1.64. The van der Waals surface area contributed by atoms with Gasteiger partial charge in [0.25, 0.3) is 11.8 Å². The molecule has 138 heavy (non-hydrogen) atoms. The van der Waals surface area contributed by atoms with Crippen LogP contribution < -0.4 is 63.2 Å². The molecule has 11 atom stereocenters. The molecule has 35 nitrogen and oxygen atoms in total. The number of halogens is 2. The number of hydroxylamine groups is 2. The fourth-order valence-electron chi connectivity index (χ4n) is 16.0. The molecule has 0 spiro atoms. The lowest BCUT2D eigenvalue weighted by molar-refractivity contribution is -0.200. The molecule has 0 unspecified atom stereocenters. The quantitative estimate of drug-likeness (QED) is 0.00961. The lowest BCUT2D eigenvalue weighted by Gasteiger charge is -2.32. The molecule has 3 saturated heterocycles. The summed E-state index contributed by atoms with van der Waals surface area (Å²) < 4.78 is 22.4. The summed E-state index contributed by atoms with van der Waals surface area (Å²) in [4.78, 5) is 237. The van der Waals surface area contributed by atoms with Crippen LogP contribution in [-0.4, -0.2) is 208 Å². The Bertz CT molecular complexity index is 5120. The summed E-state index contributed by atoms with van der Waals surface area (Å²) in [5, 5.41) is 31.9. The van der Waals surface area contributed by atoms with Gasteiger partial charge in [-0.25, -0.2) is 19.2 Å². The first-order valence-corrected chi connectivity index (χ1v) is 47.8. The largest absolute Gasteiger partial charge is 0.489 e. The van der Waals surface area contributed by atoms with Gasteiger partial charge in [-0.1, -0.05) is 218 Å². The Morgan fingerprint density at radius 3 is 1.20 bits per heavy atom. The maximum absolute atomic E-state index is 15.6. The summed E-state index contributed by atoms with van der Waals surface area (Å²) in [6.45, 7) is 18.6. The van der Waals surface area contributed by atoms with E-state index < -0.39 is 179 Å². The SMILES string of the molecule is CC(C)C[C@H](NC(=O)[C@H](CCCNC(=O)OCc1ccccc1)NC(=O)[C@@H](NC(=O)[C@@H](Cc1ccc(OCc2c(Cl)cccc2Cl)cc1)NC(=O)OC(C)(C)C)C(C)C)C(=O)N[C@H](Cc1ccccc1)C(=O)N1CCC[C@H]1C(=O)N[C@H](C(=O)N[C@@H](CCCNC(=O)OCc1ccccc1)C(=O)N[C@@H](CC(C)C)C(=O)N[C@H](Cc1ccccc1)C(=O)N1CCC[C@H]1C(=O)ON1C(=O)CCC1=O)C(C)C. The number of hydrogen-bond donors (Lipinski definition) is 11. The van der Waals surface area contributed by atoms with Crippen molar-refractivity contribution in [3.8, 4) is 5.75 Å². The van der Waals surface area contributed by atoms with E-state index in [9.17, 15) is 47.9 Å². The van der Waals surface area contributed by atoms with E-state index in [0.29, 0.717) is 56.0 Å². The number of alkyl carbamates (subject to hydrolysis) is 3. The van der Waals surface area contributed by atoms with Gasteiger partial charge in [-0.3, -0.25) is 57.5 Å². The van der Waals surface area contributed by atoms with Crippen LogP contribution in [0, 0.1) is 23.7 Å². The van der Waals surface area contributed by atoms with Crippen LogP contribution in [-0.2, 0) is 120 Å². The van der Waals surface area contributed by atoms with E-state index in [0.717, 1.165) is 11.1 Å². The third-order valence-electron chi connectivity index (χ3n) is 23.2. The highest BCUT2D eigenvalue weighted by atomic mass is 35.5. The molecule has 3 fully saturated rings. The van der Waals surface area contributed by atoms with Gasteiger partial charge in [-0.05, 0) is 161 Å². The van der Waals surface area contributed by atoms with Crippen LogP contribution in [0.4, 0.5) is 14.4 Å². The summed E-state index contributed by atoms with van der Waals surface area (Å²) in [6, 6.07) is 32.0. The molecule has 6 aromatic rings. The van der Waals surface area contributed by atoms with E-state index in [1.54, 1.807) is 228 Å². The number of amides is 15. The topological polar surface area (TPSA) is 461 Å². The molecular formula is C101H130Cl2N14O21. The van der Waals surface area contributed by atoms with Gasteiger partial charge in [0.05, 0.1) is 0 Å². The van der Waals surface area contributed by atoms with Crippen LogP contribution in [0.2, 0.25) is 10.0 Å². The zero-order valence-corrected chi connectivity index (χ0v) is 81.5. The third-order valence-corrected chi connectivity index (χ3v) is 23.9. The first-order valence-electron chi connectivity index (χ1n) is 47.0. The normalized spacial score (nSPS) is 16.1. The van der Waals surface area contributed by atoms with Crippen molar-refractivity contribution in [3.05, 3.63) is 207 Å². The van der Waals surface area contributed by atoms with E-state index >= 15 is 28.8 Å². The second-order valence-electron chi connectivity index (χ2n) is 37.1. The van der Waals surface area contributed by atoms with Crippen LogP contribution >= 0.6 is 23.2 Å². The molecule has 37 heteroatoms. The van der Waals surface area contributed by atoms with E-state index in [1.807, 2.05) is 12.1 Å². The fourth-order valence-corrected chi connectivity index (χ4v) is 16.5. The van der Waals surface area contributed by atoms with E-state index in [4.69, 9.17) is 47.0 Å². The second-order valence-corrected chi connectivity index (χ2v) is 37.9. The predicted molar refractivity (Wildman–Crippen MR) is 513 cm³/mol. The van der Waals surface area contributed by atoms with Gasteiger partial charge in [0.1, 0.15) is 97.6 Å². The van der Waals surface area contributed by atoms with Crippen molar-refractivity contribution in [1.82, 2.24) is 73.3 Å². The third kappa shape index (κ3) is 34.5. The molecule has 0 aliphatic carbocycles. The Kier molecular flexibility index (Phi) is 42.1. The van der Waals surface area contributed by atoms with Crippen molar-refractivity contribution in [2.45, 2.75) is 264 Å². The van der Waals surface area contributed by atoms with Gasteiger partial charge in [0.2, 0.25) is 59.1 Å². The number of hydrogen-bond acceptors (Lipinski definition) is 21. The number of nitrogens with zero attached hydrogens (tertiary/aromatic N) is 3. The predicted octanol–water partition coefficient (Wildman–Crippen LogP) is 9.78. The Morgan fingerprint density at radius 2 is 0.775 bits per heavy atom. The Labute approximate surface area is 814 Å². The first kappa shape index (κ1) is 108. The molecule has 0 aromatic heterocycles. The fraction of sp³-hybridized carbons (Fsp3) is 0.485. The standard InChI is InChI=1S/C101H130Cl2N14O21/c1-61(2)53-76(108-87(120)74(39-25-49-104-98(131)135-58-68-33-20-14-21-34-68)106-93(126)85(63(5)6)113-91(124)78(112-100(133)137-101(9,10)11)55-67-43-45-70(46-44-67)134-60-71-72(102)37-24-38-73(71)103)89(122)110-79(56-65-29-16-12-17-30-65)95(128)115-51-27-41-81(115)92(125)114-86(64(7)8)94(127)107-75(40-26-50-105-99(132)136-59-69-35-22-15-23-36-69)88(121)109-77(54-62(3)4)90(123)111-80(57-66-31-18-13-19-32-66)96(129)116-52-28-42-82(116)97(130)138-117-83(118)47-48-84(117)119/h12-24,29-38,43-46,61-64,74-82,85-86H,25-28,39-42,47-60H2,1-11H3,(H,104,131)(H,105,132)(H,106,126)(H,107,127)(H,108,120)(H,109,121)(H,110,122)(H,111,123)(H,112,133)(H,113,124)(H,114,125)/t74-,75-,76-,77-,78+,79+,80+,81-,82-,85-,86-/m0/s1. The summed E-state index contributed by atoms with van der Waals surface area (Å²) in [7, 11) is 0. The highest BCUT2D eigenvalue weighted by molar-refractivity contribution is 6.36. The minimum Gasteiger partial charge on any atom is -0.489 e. The number of imide groups is 1. The molecule has 3 aliphatic rings. The van der Waals surface area contributed by atoms with Gasteiger partial charge < -0.3 is 92.1 Å². The molecule has 6 aromatic carbocycles. The Morgan fingerprint density at radius 1 is 0.399 bits per heavy atom. The van der Waals surface area contributed by atoms with Crippen molar-refractivity contribution in [2.75, 3.05) is 26.2 Å². The summed E-state index contributed by atoms with van der Waals surface area (Å²) in [5.41, 5.74) is 2.81. The van der Waals surface area contributed by atoms with Gasteiger partial charge in [-0.2, -0.15) is 0 Å².